The minimum Gasteiger partial charge on any atom is -0.382 e. The maximum atomic E-state index is 5.73. The Bertz CT molecular complexity index is 581. The maximum Gasteiger partial charge on any atom is 0.193 e. The van der Waals surface area contributed by atoms with Crippen LogP contribution in [0.15, 0.2) is 16.4 Å². The van der Waals surface area contributed by atoms with E-state index in [1.807, 2.05) is 18.4 Å². The van der Waals surface area contributed by atoms with E-state index >= 15 is 0 Å². The highest BCUT2D eigenvalue weighted by atomic mass is 127. The number of rotatable bonds is 5. The van der Waals surface area contributed by atoms with Gasteiger partial charge in [-0.05, 0) is 30.4 Å². The van der Waals surface area contributed by atoms with Crippen LogP contribution in [-0.4, -0.2) is 81.5 Å². The summed E-state index contributed by atoms with van der Waals surface area (Å²) in [6, 6.07) is 2.75. The maximum absolute atomic E-state index is 5.73. The van der Waals surface area contributed by atoms with Crippen molar-refractivity contribution >= 4 is 41.3 Å². The van der Waals surface area contributed by atoms with Crippen molar-refractivity contribution in [1.29, 1.82) is 0 Å². The number of halogens is 1. The average molecular weight is 494 g/mol. The fraction of sp³-hybridized carbons (Fsp3) is 0.722. The quantitative estimate of drug-likeness (QED) is 0.386. The third-order valence-corrected chi connectivity index (χ3v) is 6.04. The molecule has 0 aliphatic carbocycles. The van der Waals surface area contributed by atoms with E-state index in [-0.39, 0.29) is 30.1 Å². The predicted molar refractivity (Wildman–Crippen MR) is 118 cm³/mol. The lowest BCUT2D eigenvalue weighted by atomic mass is 10.1. The van der Waals surface area contributed by atoms with Gasteiger partial charge in [-0.2, -0.15) is 0 Å². The molecule has 0 aromatic carbocycles. The predicted octanol–water partition coefficient (Wildman–Crippen LogP) is 2.04. The van der Waals surface area contributed by atoms with E-state index < -0.39 is 0 Å². The van der Waals surface area contributed by atoms with Gasteiger partial charge in [0.15, 0.2) is 5.96 Å². The van der Waals surface area contributed by atoms with E-state index in [2.05, 4.69) is 38.5 Å². The van der Waals surface area contributed by atoms with Gasteiger partial charge >= 0.3 is 0 Å². The first-order chi connectivity index (χ1) is 12.2. The number of nitrogens with zero attached hydrogens (tertiary/aromatic N) is 3. The molecular weight excluding hydrogens is 463 g/mol. The van der Waals surface area contributed by atoms with Gasteiger partial charge in [-0.1, -0.05) is 0 Å². The van der Waals surface area contributed by atoms with Gasteiger partial charge in [-0.25, -0.2) is 0 Å². The van der Waals surface area contributed by atoms with Crippen molar-refractivity contribution in [3.8, 4) is 0 Å². The summed E-state index contributed by atoms with van der Waals surface area (Å²) in [5.41, 5.74) is 1.50. The Hall–Kier alpha value is -0.420. The van der Waals surface area contributed by atoms with Gasteiger partial charge in [-0.15, -0.1) is 35.3 Å². The van der Waals surface area contributed by atoms with Gasteiger partial charge in [0.25, 0.3) is 0 Å². The number of hydrogen-bond acceptors (Lipinski definition) is 5. The molecular formula is C18H31IN4O2S. The van der Waals surface area contributed by atoms with Crippen LogP contribution in [0.3, 0.4) is 0 Å². The molecule has 0 saturated carbocycles. The van der Waals surface area contributed by atoms with Crippen LogP contribution < -0.4 is 5.32 Å². The molecule has 0 radical (unpaired) electrons. The summed E-state index contributed by atoms with van der Waals surface area (Å²) in [5.74, 6) is 0.962. The standard InChI is InChI=1S/C18H30N4O2S.HI/c1-14(21-6-4-17-15(11-21)5-9-25-17)10-20-18(19-2)22-7-8-24-16(12-22)13-23-3;/h5,9,14,16H,4,6-8,10-13H2,1-3H3,(H,19,20);1H. The van der Waals surface area contributed by atoms with Gasteiger partial charge in [-0.3, -0.25) is 9.89 Å². The van der Waals surface area contributed by atoms with Crippen LogP contribution in [0.4, 0.5) is 0 Å². The summed E-state index contributed by atoms with van der Waals surface area (Å²) in [6.07, 6.45) is 1.29. The average Bonchev–Trinajstić information content (AvgIpc) is 3.10. The zero-order valence-corrected chi connectivity index (χ0v) is 19.1. The van der Waals surface area contributed by atoms with Crippen molar-refractivity contribution in [2.45, 2.75) is 32.0 Å². The molecule has 2 aliphatic heterocycles. The molecule has 0 amide bonds. The van der Waals surface area contributed by atoms with Gasteiger partial charge in [0, 0.05) is 57.8 Å². The lowest BCUT2D eigenvalue weighted by Crippen LogP contribution is -2.53. The Morgan fingerprint density at radius 3 is 3.12 bits per heavy atom. The number of ether oxygens (including phenoxy) is 2. The fourth-order valence-corrected chi connectivity index (χ4v) is 4.44. The summed E-state index contributed by atoms with van der Waals surface area (Å²) >= 11 is 1.89. The SMILES string of the molecule is CN=C(NCC(C)N1CCc2sccc2C1)N1CCOC(COC)C1.I. The highest BCUT2D eigenvalue weighted by Gasteiger charge is 2.25. The van der Waals surface area contributed by atoms with Crippen molar-refractivity contribution in [2.75, 3.05) is 53.6 Å². The van der Waals surface area contributed by atoms with Crippen LogP contribution in [0.1, 0.15) is 17.4 Å². The van der Waals surface area contributed by atoms with Crippen LogP contribution in [0.5, 0.6) is 0 Å². The van der Waals surface area contributed by atoms with E-state index in [0.29, 0.717) is 12.6 Å². The van der Waals surface area contributed by atoms with E-state index in [0.717, 1.165) is 45.3 Å². The number of guanidine groups is 1. The largest absolute Gasteiger partial charge is 0.382 e. The molecule has 2 aliphatic rings. The molecule has 0 spiro atoms. The number of fused-ring (bicyclic) bond motifs is 1. The Labute approximate surface area is 178 Å². The van der Waals surface area contributed by atoms with Crippen LogP contribution in [0, 0.1) is 0 Å². The van der Waals surface area contributed by atoms with Crippen LogP contribution in [-0.2, 0) is 22.4 Å². The van der Waals surface area contributed by atoms with E-state index in [1.54, 1.807) is 12.0 Å². The second-order valence-electron chi connectivity index (χ2n) is 6.76. The minimum absolute atomic E-state index is 0. The van der Waals surface area contributed by atoms with Crippen molar-refractivity contribution in [3.63, 3.8) is 0 Å². The molecule has 1 N–H and O–H groups in total. The Balaban J connectivity index is 0.00000243. The molecule has 1 saturated heterocycles. The molecule has 8 heteroatoms. The van der Waals surface area contributed by atoms with Crippen molar-refractivity contribution in [2.24, 2.45) is 4.99 Å². The second kappa shape index (κ2) is 10.8. The normalized spacial score (nSPS) is 22.5. The zero-order chi connectivity index (χ0) is 17.6. The molecule has 1 fully saturated rings. The molecule has 148 valence electrons. The van der Waals surface area contributed by atoms with Gasteiger partial charge in [0.05, 0.1) is 19.3 Å². The smallest absolute Gasteiger partial charge is 0.193 e. The number of aliphatic imine (C=N–C) groups is 1. The van der Waals surface area contributed by atoms with E-state index in [4.69, 9.17) is 9.47 Å². The number of thiophene rings is 1. The zero-order valence-electron chi connectivity index (χ0n) is 15.9. The third kappa shape index (κ3) is 5.54. The summed E-state index contributed by atoms with van der Waals surface area (Å²) in [6.45, 7) is 8.44. The first-order valence-corrected chi connectivity index (χ1v) is 9.94. The Kier molecular flexibility index (Phi) is 9.08. The monoisotopic (exact) mass is 494 g/mol. The second-order valence-corrected chi connectivity index (χ2v) is 7.76. The minimum atomic E-state index is 0. The highest BCUT2D eigenvalue weighted by Crippen LogP contribution is 2.24. The third-order valence-electron chi connectivity index (χ3n) is 5.02. The molecule has 1 aromatic heterocycles. The lowest BCUT2D eigenvalue weighted by molar-refractivity contribution is -0.0447. The van der Waals surface area contributed by atoms with Crippen molar-refractivity contribution < 1.29 is 9.47 Å². The van der Waals surface area contributed by atoms with Crippen LogP contribution in [0.25, 0.3) is 0 Å². The van der Waals surface area contributed by atoms with Gasteiger partial charge in [0.1, 0.15) is 0 Å². The summed E-state index contributed by atoms with van der Waals surface area (Å²) in [5, 5.41) is 5.77. The Morgan fingerprint density at radius 2 is 2.35 bits per heavy atom. The van der Waals surface area contributed by atoms with Gasteiger partial charge in [0.2, 0.25) is 0 Å². The highest BCUT2D eigenvalue weighted by molar-refractivity contribution is 14.0. The van der Waals surface area contributed by atoms with Crippen molar-refractivity contribution in [3.05, 3.63) is 21.9 Å². The Morgan fingerprint density at radius 1 is 1.50 bits per heavy atom. The first-order valence-electron chi connectivity index (χ1n) is 9.06. The molecule has 6 nitrogen and oxygen atoms in total. The number of nitrogens with one attached hydrogen (secondary N) is 1. The topological polar surface area (TPSA) is 49.3 Å². The van der Waals surface area contributed by atoms with E-state index in [9.17, 15) is 0 Å². The summed E-state index contributed by atoms with van der Waals surface area (Å²) in [4.78, 5) is 10.9. The molecule has 3 rings (SSSR count). The van der Waals surface area contributed by atoms with E-state index in [1.165, 1.54) is 12.0 Å². The summed E-state index contributed by atoms with van der Waals surface area (Å²) < 4.78 is 11.0. The number of hydrogen-bond donors (Lipinski definition) is 1. The number of morpholine rings is 1. The first kappa shape index (κ1) is 21.9. The van der Waals surface area contributed by atoms with Crippen molar-refractivity contribution in [1.82, 2.24) is 15.1 Å². The molecule has 2 atom stereocenters. The molecule has 26 heavy (non-hydrogen) atoms. The molecule has 1 aromatic rings. The molecule has 0 bridgehead atoms. The molecule has 2 unspecified atom stereocenters. The van der Waals surface area contributed by atoms with Crippen LogP contribution in [0.2, 0.25) is 0 Å². The number of methoxy groups -OCH3 is 1. The van der Waals surface area contributed by atoms with Crippen LogP contribution >= 0.6 is 35.3 Å². The summed E-state index contributed by atoms with van der Waals surface area (Å²) in [7, 11) is 3.57. The molecule has 3 heterocycles. The van der Waals surface area contributed by atoms with Gasteiger partial charge < -0.3 is 19.7 Å². The lowest BCUT2D eigenvalue weighted by Gasteiger charge is -2.36. The fourth-order valence-electron chi connectivity index (χ4n) is 3.55.